The molecule has 0 radical (unpaired) electrons. The van der Waals surface area contributed by atoms with Crippen LogP contribution in [0.2, 0.25) is 0 Å². The number of hydrogen-bond donors (Lipinski definition) is 1. The molecule has 0 atom stereocenters. The number of nitrogens with zero attached hydrogens (tertiary/aromatic N) is 4. The Labute approximate surface area is 290 Å². The number of aromatic nitrogens is 1. The minimum atomic E-state index is 0.629. The van der Waals surface area contributed by atoms with Crippen LogP contribution in [0.1, 0.15) is 11.1 Å². The summed E-state index contributed by atoms with van der Waals surface area (Å²) in [5.74, 6) is 0.689. The quantitative estimate of drug-likeness (QED) is 0.142. The fourth-order valence-electron chi connectivity index (χ4n) is 7.23. The summed E-state index contributed by atoms with van der Waals surface area (Å²) in [4.78, 5) is 12.8. The van der Waals surface area contributed by atoms with E-state index in [1.165, 1.54) is 54.4 Å². The Kier molecular flexibility index (Phi) is 8.07. The molecule has 2 heterocycles. The SMILES string of the molecule is C=NC(=NCc1ccccc1)c1ccccc1.C=Nc1ccc2c(ccc3c2c2cccc4c5ccccc5n3c42)c1-c1ccccc1NC. The molecule has 0 aliphatic rings. The van der Waals surface area contributed by atoms with E-state index in [4.69, 9.17) is 0 Å². The molecule has 0 saturated heterocycles. The monoisotopic (exact) mass is 645 g/mol. The molecule has 7 aromatic carbocycles. The lowest BCUT2D eigenvalue weighted by Crippen LogP contribution is -1.97. The summed E-state index contributed by atoms with van der Waals surface area (Å²) in [5.41, 5.74) is 10.2. The first-order chi connectivity index (χ1) is 24.7. The normalized spacial score (nSPS) is 11.7. The van der Waals surface area contributed by atoms with Crippen molar-refractivity contribution in [3.05, 3.63) is 163 Å². The summed E-state index contributed by atoms with van der Waals surface area (Å²) in [6.45, 7) is 8.06. The van der Waals surface area contributed by atoms with Gasteiger partial charge < -0.3 is 9.72 Å². The highest BCUT2D eigenvalue weighted by molar-refractivity contribution is 6.30. The van der Waals surface area contributed by atoms with Gasteiger partial charge in [0.15, 0.2) is 5.84 Å². The fourth-order valence-corrected chi connectivity index (χ4v) is 7.23. The number of anilines is 1. The van der Waals surface area contributed by atoms with Crippen LogP contribution in [-0.4, -0.2) is 30.7 Å². The third kappa shape index (κ3) is 5.17. The van der Waals surface area contributed by atoms with E-state index in [9.17, 15) is 0 Å². The van der Waals surface area contributed by atoms with Crippen LogP contribution in [0.5, 0.6) is 0 Å². The van der Waals surface area contributed by atoms with E-state index in [1.807, 2.05) is 55.6 Å². The molecule has 5 nitrogen and oxygen atoms in total. The van der Waals surface area contributed by atoms with Crippen LogP contribution in [-0.2, 0) is 6.54 Å². The Morgan fingerprint density at radius 3 is 2.06 bits per heavy atom. The zero-order valence-corrected chi connectivity index (χ0v) is 27.8. The topological polar surface area (TPSA) is 53.5 Å². The Morgan fingerprint density at radius 2 is 1.28 bits per heavy atom. The zero-order valence-electron chi connectivity index (χ0n) is 27.8. The van der Waals surface area contributed by atoms with Gasteiger partial charge in [0, 0.05) is 51.0 Å². The fraction of sp³-hybridized carbons (Fsp3) is 0.0444. The number of fused-ring (bicyclic) bond motifs is 8. The first-order valence-corrected chi connectivity index (χ1v) is 16.7. The number of para-hydroxylation sites is 3. The summed E-state index contributed by atoms with van der Waals surface area (Å²) < 4.78 is 2.43. The van der Waals surface area contributed by atoms with Gasteiger partial charge in [0.25, 0.3) is 0 Å². The average molecular weight is 646 g/mol. The summed E-state index contributed by atoms with van der Waals surface area (Å²) in [5, 5.41) is 10.9. The lowest BCUT2D eigenvalue weighted by Gasteiger charge is -2.15. The maximum atomic E-state index is 4.47. The van der Waals surface area contributed by atoms with Crippen molar-refractivity contribution in [3.8, 4) is 11.1 Å². The molecule has 1 N–H and O–H groups in total. The van der Waals surface area contributed by atoms with Gasteiger partial charge in [0.05, 0.1) is 28.8 Å². The lowest BCUT2D eigenvalue weighted by atomic mass is 9.93. The molecule has 0 fully saturated rings. The van der Waals surface area contributed by atoms with Crippen LogP contribution in [0.3, 0.4) is 0 Å². The molecule has 0 saturated carbocycles. The van der Waals surface area contributed by atoms with Crippen molar-refractivity contribution in [1.82, 2.24) is 4.40 Å². The third-order valence-electron chi connectivity index (χ3n) is 9.43. The van der Waals surface area contributed by atoms with E-state index in [1.54, 1.807) is 0 Å². The molecule has 50 heavy (non-hydrogen) atoms. The Hall–Kier alpha value is -6.59. The number of hydrogen-bond acceptors (Lipinski definition) is 3. The smallest absolute Gasteiger partial charge is 0.154 e. The molecule has 0 aliphatic heterocycles. The van der Waals surface area contributed by atoms with E-state index in [2.05, 4.69) is 141 Å². The second-order valence-corrected chi connectivity index (χ2v) is 12.2. The first-order valence-electron chi connectivity index (χ1n) is 16.7. The molecular formula is C45H35N5. The summed E-state index contributed by atoms with van der Waals surface area (Å²) >= 11 is 0. The molecule has 9 rings (SSSR count). The van der Waals surface area contributed by atoms with Crippen molar-refractivity contribution in [1.29, 1.82) is 0 Å². The van der Waals surface area contributed by atoms with Gasteiger partial charge in [-0.1, -0.05) is 127 Å². The minimum absolute atomic E-state index is 0.629. The molecule has 9 aromatic rings. The first kappa shape index (κ1) is 30.7. The van der Waals surface area contributed by atoms with Crippen molar-refractivity contribution in [2.24, 2.45) is 15.0 Å². The standard InChI is InChI=1S/C30H21N3.C15H14N2/c1-31-24-12-5-3-9-22(24)28-19-15-17-27-29(20(19)14-16-25(28)32-2)23-11-7-10-21-18-8-4-6-13-26(18)33(27)30(21)23;1-16-15(14-10-6-3-7-11-14)17-12-13-8-4-2-5-9-13/h3-17,31H,2H2,1H3;2-11H,1,12H2. The molecular weight excluding hydrogens is 611 g/mol. The Bertz CT molecular complexity index is 2690. The molecule has 5 heteroatoms. The van der Waals surface area contributed by atoms with E-state index >= 15 is 0 Å². The van der Waals surface area contributed by atoms with Gasteiger partial charge in [0.1, 0.15) is 0 Å². The zero-order chi connectivity index (χ0) is 34.0. The molecule has 0 amide bonds. The van der Waals surface area contributed by atoms with Crippen LogP contribution in [0.15, 0.2) is 167 Å². The van der Waals surface area contributed by atoms with Crippen LogP contribution in [0.25, 0.3) is 60.0 Å². The van der Waals surface area contributed by atoms with Crippen LogP contribution in [0, 0.1) is 0 Å². The highest BCUT2D eigenvalue weighted by Gasteiger charge is 2.20. The van der Waals surface area contributed by atoms with E-state index in [-0.39, 0.29) is 0 Å². The van der Waals surface area contributed by atoms with Crippen molar-refractivity contribution < 1.29 is 0 Å². The van der Waals surface area contributed by atoms with Crippen LogP contribution < -0.4 is 5.32 Å². The third-order valence-corrected chi connectivity index (χ3v) is 9.43. The second-order valence-electron chi connectivity index (χ2n) is 12.2. The number of rotatable bonds is 6. The summed E-state index contributed by atoms with van der Waals surface area (Å²) in [6, 6.07) is 52.6. The van der Waals surface area contributed by atoms with Gasteiger partial charge in [-0.25, -0.2) is 4.99 Å². The average Bonchev–Trinajstić information content (AvgIpc) is 3.71. The van der Waals surface area contributed by atoms with E-state index < -0.39 is 0 Å². The molecule has 0 spiro atoms. The van der Waals surface area contributed by atoms with Crippen molar-refractivity contribution >= 4 is 79.5 Å². The largest absolute Gasteiger partial charge is 0.388 e. The van der Waals surface area contributed by atoms with Gasteiger partial charge in [-0.2, -0.15) is 0 Å². The number of benzene rings is 7. The van der Waals surface area contributed by atoms with Crippen LogP contribution in [0.4, 0.5) is 11.4 Å². The Balaban J connectivity index is 0.000000180. The molecule has 2 aromatic heterocycles. The molecule has 240 valence electrons. The van der Waals surface area contributed by atoms with E-state index in [0.717, 1.165) is 28.1 Å². The second kappa shape index (κ2) is 13.1. The highest BCUT2D eigenvalue weighted by Crippen LogP contribution is 2.46. The predicted octanol–water partition coefficient (Wildman–Crippen LogP) is 11.4. The molecule has 0 unspecified atom stereocenters. The summed E-state index contributed by atoms with van der Waals surface area (Å²) in [6.07, 6.45) is 0. The van der Waals surface area contributed by atoms with Gasteiger partial charge in [-0.05, 0) is 54.0 Å². The minimum Gasteiger partial charge on any atom is -0.388 e. The van der Waals surface area contributed by atoms with Crippen molar-refractivity contribution in [2.45, 2.75) is 6.54 Å². The maximum Gasteiger partial charge on any atom is 0.154 e. The number of amidine groups is 1. The Morgan fingerprint density at radius 1 is 0.600 bits per heavy atom. The maximum absolute atomic E-state index is 4.47. The molecule has 0 bridgehead atoms. The predicted molar refractivity (Wildman–Crippen MR) is 215 cm³/mol. The molecule has 0 aliphatic carbocycles. The van der Waals surface area contributed by atoms with Crippen molar-refractivity contribution in [2.75, 3.05) is 12.4 Å². The van der Waals surface area contributed by atoms with E-state index in [0.29, 0.717) is 12.4 Å². The number of aliphatic imine (C=N–C) groups is 3. The lowest BCUT2D eigenvalue weighted by molar-refractivity contribution is 1.06. The van der Waals surface area contributed by atoms with Gasteiger partial charge in [0.2, 0.25) is 0 Å². The van der Waals surface area contributed by atoms with Crippen molar-refractivity contribution in [3.63, 3.8) is 0 Å². The summed E-state index contributed by atoms with van der Waals surface area (Å²) in [7, 11) is 1.96. The highest BCUT2D eigenvalue weighted by atomic mass is 14.9. The van der Waals surface area contributed by atoms with Crippen LogP contribution >= 0.6 is 0 Å². The number of nitrogens with one attached hydrogen (secondary N) is 1. The van der Waals surface area contributed by atoms with Gasteiger partial charge in [-0.15, -0.1) is 0 Å². The van der Waals surface area contributed by atoms with Gasteiger partial charge in [-0.3, -0.25) is 9.98 Å². The van der Waals surface area contributed by atoms with Gasteiger partial charge >= 0.3 is 0 Å².